The number of rotatable bonds is 5. The average Bonchev–Trinajstić information content (AvgIpc) is 2.29. The maximum atomic E-state index is 12.0. The quantitative estimate of drug-likeness (QED) is 0.764. The van der Waals surface area contributed by atoms with E-state index in [1.165, 1.54) is 30.1 Å². The van der Waals surface area contributed by atoms with Gasteiger partial charge in [0.1, 0.15) is 0 Å². The fourth-order valence-electron chi connectivity index (χ4n) is 1.40. The number of Topliss-reactive ketones (excluding diaryl/α,β-unsaturated/α-hetero) is 1. The predicted molar refractivity (Wildman–Crippen MR) is 69.0 cm³/mol. The highest BCUT2D eigenvalue weighted by atomic mass is 35.5. The van der Waals surface area contributed by atoms with E-state index < -0.39 is 12.6 Å². The van der Waals surface area contributed by atoms with E-state index in [4.69, 9.17) is 23.2 Å². The molecule has 0 saturated carbocycles. The zero-order valence-corrected chi connectivity index (χ0v) is 11.6. The van der Waals surface area contributed by atoms with Crippen LogP contribution in [0.1, 0.15) is 16.8 Å². The van der Waals surface area contributed by atoms with Crippen molar-refractivity contribution in [3.63, 3.8) is 0 Å². The number of likely N-dealkylation sites (N-methyl/N-ethyl adjacent to an activating group) is 1. The van der Waals surface area contributed by atoms with Gasteiger partial charge in [-0.15, -0.1) is 0 Å². The molecule has 0 aliphatic rings. The largest absolute Gasteiger partial charge is 0.390 e. The minimum Gasteiger partial charge on any atom is -0.299 e. The summed E-state index contributed by atoms with van der Waals surface area (Å²) in [6, 6.07) is 4.38. The van der Waals surface area contributed by atoms with Gasteiger partial charge in [-0.25, -0.2) is 0 Å². The van der Waals surface area contributed by atoms with E-state index in [0.29, 0.717) is 10.6 Å². The number of hydrogen-bond acceptors (Lipinski definition) is 2. The van der Waals surface area contributed by atoms with Crippen molar-refractivity contribution in [3.05, 3.63) is 33.8 Å². The lowest BCUT2D eigenvalue weighted by Gasteiger charge is -2.16. The van der Waals surface area contributed by atoms with Crippen molar-refractivity contribution < 1.29 is 18.0 Å². The first-order chi connectivity index (χ1) is 8.69. The molecule has 0 bridgehead atoms. The smallest absolute Gasteiger partial charge is 0.299 e. The molecule has 0 aliphatic carbocycles. The Kier molecular flexibility index (Phi) is 5.64. The van der Waals surface area contributed by atoms with Crippen molar-refractivity contribution in [2.24, 2.45) is 0 Å². The first kappa shape index (κ1) is 16.3. The summed E-state index contributed by atoms with van der Waals surface area (Å²) in [4.78, 5) is 13.1. The lowest BCUT2D eigenvalue weighted by molar-refractivity contribution is -0.137. The highest BCUT2D eigenvalue weighted by molar-refractivity contribution is 6.42. The Morgan fingerprint density at radius 2 is 1.89 bits per heavy atom. The van der Waals surface area contributed by atoms with Crippen LogP contribution >= 0.6 is 23.2 Å². The van der Waals surface area contributed by atoms with Gasteiger partial charge >= 0.3 is 6.18 Å². The van der Waals surface area contributed by atoms with Gasteiger partial charge in [0.25, 0.3) is 0 Å². The fourth-order valence-corrected chi connectivity index (χ4v) is 1.70. The van der Waals surface area contributed by atoms with E-state index in [0.717, 1.165) is 0 Å². The molecule has 7 heteroatoms. The highest BCUT2D eigenvalue weighted by Crippen LogP contribution is 2.23. The number of nitrogens with zero attached hydrogens (tertiary/aromatic N) is 1. The maximum absolute atomic E-state index is 12.0. The van der Waals surface area contributed by atoms with Crippen LogP contribution in [0.3, 0.4) is 0 Å². The molecule has 0 aliphatic heterocycles. The Morgan fingerprint density at radius 1 is 1.26 bits per heavy atom. The van der Waals surface area contributed by atoms with Crippen molar-refractivity contribution in [1.82, 2.24) is 4.90 Å². The molecule has 2 nitrogen and oxygen atoms in total. The molecule has 0 amide bonds. The van der Waals surface area contributed by atoms with Crippen molar-refractivity contribution >= 4 is 29.0 Å². The van der Waals surface area contributed by atoms with Crippen molar-refractivity contribution in [2.45, 2.75) is 12.6 Å². The van der Waals surface area contributed by atoms with E-state index in [2.05, 4.69) is 0 Å². The third-order valence-electron chi connectivity index (χ3n) is 2.43. The Morgan fingerprint density at radius 3 is 2.42 bits per heavy atom. The molecule has 0 unspecified atom stereocenters. The van der Waals surface area contributed by atoms with Gasteiger partial charge in [0.2, 0.25) is 0 Å². The summed E-state index contributed by atoms with van der Waals surface area (Å²) in [5, 5.41) is 0.564. The Balaban J connectivity index is 2.57. The minimum atomic E-state index is -4.22. The number of ketones is 1. The monoisotopic (exact) mass is 313 g/mol. The molecule has 0 N–H and O–H groups in total. The second kappa shape index (κ2) is 6.59. The summed E-state index contributed by atoms with van der Waals surface area (Å²) in [6.07, 6.45) is -5.17. The third-order valence-corrected chi connectivity index (χ3v) is 3.17. The summed E-state index contributed by atoms with van der Waals surface area (Å²) in [7, 11) is 1.46. The summed E-state index contributed by atoms with van der Waals surface area (Å²) in [5.41, 5.74) is 0.327. The third kappa shape index (κ3) is 5.80. The lowest BCUT2D eigenvalue weighted by atomic mass is 10.1. The van der Waals surface area contributed by atoms with Crippen LogP contribution in [0.5, 0.6) is 0 Å². The number of halogens is 5. The first-order valence-electron chi connectivity index (χ1n) is 5.42. The molecule has 1 rings (SSSR count). The van der Waals surface area contributed by atoms with Gasteiger partial charge in [0.15, 0.2) is 5.78 Å². The molecular weight excluding hydrogens is 302 g/mol. The average molecular weight is 314 g/mol. The maximum Gasteiger partial charge on any atom is 0.390 e. The first-order valence-corrected chi connectivity index (χ1v) is 6.18. The fraction of sp³-hybridized carbons (Fsp3) is 0.417. The summed E-state index contributed by atoms with van der Waals surface area (Å²) in [5.74, 6) is -0.303. The SMILES string of the molecule is CN(CCC(F)(F)F)CC(=O)c1ccc(Cl)c(Cl)c1. The minimum absolute atomic E-state index is 0.103. The van der Waals surface area contributed by atoms with Gasteiger partial charge in [0, 0.05) is 12.1 Å². The molecule has 0 radical (unpaired) electrons. The van der Waals surface area contributed by atoms with Crippen LogP contribution in [-0.2, 0) is 0 Å². The van der Waals surface area contributed by atoms with Crippen LogP contribution in [0.25, 0.3) is 0 Å². The van der Waals surface area contributed by atoms with Crippen LogP contribution in [0.4, 0.5) is 13.2 Å². The molecule has 1 aromatic rings. The van der Waals surface area contributed by atoms with Crippen LogP contribution in [0.2, 0.25) is 10.0 Å². The summed E-state index contributed by atoms with van der Waals surface area (Å²) >= 11 is 11.5. The van der Waals surface area contributed by atoms with E-state index in [-0.39, 0.29) is 23.9 Å². The highest BCUT2D eigenvalue weighted by Gasteiger charge is 2.27. The number of benzene rings is 1. The van der Waals surface area contributed by atoms with Gasteiger partial charge in [0.05, 0.1) is 23.0 Å². The summed E-state index contributed by atoms with van der Waals surface area (Å²) < 4.78 is 36.1. The van der Waals surface area contributed by atoms with Crippen LogP contribution in [-0.4, -0.2) is 37.0 Å². The van der Waals surface area contributed by atoms with Gasteiger partial charge in [-0.2, -0.15) is 13.2 Å². The molecule has 0 aromatic heterocycles. The zero-order valence-electron chi connectivity index (χ0n) is 10.1. The van der Waals surface area contributed by atoms with Crippen LogP contribution in [0, 0.1) is 0 Å². The van der Waals surface area contributed by atoms with E-state index >= 15 is 0 Å². The topological polar surface area (TPSA) is 20.3 Å². The molecule has 0 atom stereocenters. The lowest BCUT2D eigenvalue weighted by Crippen LogP contribution is -2.29. The van der Waals surface area contributed by atoms with Crippen molar-refractivity contribution in [2.75, 3.05) is 20.1 Å². The standard InChI is InChI=1S/C12H12Cl2F3NO/c1-18(5-4-12(15,16)17)7-11(19)8-2-3-9(13)10(14)6-8/h2-3,6H,4-5,7H2,1H3. The van der Waals surface area contributed by atoms with Crippen molar-refractivity contribution in [1.29, 1.82) is 0 Å². The molecule has 19 heavy (non-hydrogen) atoms. The number of alkyl halides is 3. The Hall–Kier alpha value is -0.780. The van der Waals surface area contributed by atoms with Gasteiger partial charge in [-0.05, 0) is 25.2 Å². The van der Waals surface area contributed by atoms with Gasteiger partial charge in [-0.3, -0.25) is 9.69 Å². The van der Waals surface area contributed by atoms with Gasteiger partial charge in [-0.1, -0.05) is 23.2 Å². The predicted octanol–water partition coefficient (Wildman–Crippen LogP) is 4.06. The number of hydrogen-bond donors (Lipinski definition) is 0. The molecule has 106 valence electrons. The normalized spacial score (nSPS) is 11.9. The molecule has 1 aromatic carbocycles. The second-order valence-corrected chi connectivity index (χ2v) is 4.97. The number of carbonyl (C=O) groups excluding carboxylic acids is 1. The Bertz CT molecular complexity index is 463. The van der Waals surface area contributed by atoms with E-state index in [1.807, 2.05) is 0 Å². The number of carbonyl (C=O) groups is 1. The summed E-state index contributed by atoms with van der Waals surface area (Å²) in [6.45, 7) is -0.329. The van der Waals surface area contributed by atoms with E-state index in [9.17, 15) is 18.0 Å². The van der Waals surface area contributed by atoms with Gasteiger partial charge < -0.3 is 0 Å². The molecule has 0 heterocycles. The van der Waals surface area contributed by atoms with Crippen LogP contribution in [0.15, 0.2) is 18.2 Å². The van der Waals surface area contributed by atoms with Crippen LogP contribution < -0.4 is 0 Å². The van der Waals surface area contributed by atoms with Crippen molar-refractivity contribution in [3.8, 4) is 0 Å². The van der Waals surface area contributed by atoms with E-state index in [1.54, 1.807) is 0 Å². The molecule has 0 fully saturated rings. The molecular formula is C12H12Cl2F3NO. The molecule has 0 saturated heterocycles. The molecule has 0 spiro atoms. The second-order valence-electron chi connectivity index (χ2n) is 4.16. The Labute approximate surface area is 119 Å². The zero-order chi connectivity index (χ0) is 14.6.